The zero-order valence-electron chi connectivity index (χ0n) is 9.12. The van der Waals surface area contributed by atoms with E-state index in [4.69, 9.17) is 18.0 Å². The van der Waals surface area contributed by atoms with E-state index >= 15 is 0 Å². The van der Waals surface area contributed by atoms with Crippen molar-refractivity contribution >= 4 is 38.8 Å². The van der Waals surface area contributed by atoms with Gasteiger partial charge < -0.3 is 10.6 Å². The summed E-state index contributed by atoms with van der Waals surface area (Å²) < 4.78 is 0.992. The normalized spacial score (nSPS) is 10.5. The van der Waals surface area contributed by atoms with Crippen molar-refractivity contribution in [2.24, 2.45) is 5.73 Å². The molecule has 0 aliphatic heterocycles. The van der Waals surface area contributed by atoms with Gasteiger partial charge in [-0.25, -0.2) is 0 Å². The predicted octanol–water partition coefficient (Wildman–Crippen LogP) is 2.93. The summed E-state index contributed by atoms with van der Waals surface area (Å²) in [5.41, 5.74) is 7.69. The van der Waals surface area contributed by atoms with E-state index in [1.165, 1.54) is 0 Å². The van der Waals surface area contributed by atoms with Crippen LogP contribution in [-0.4, -0.2) is 18.1 Å². The lowest BCUT2D eigenvalue weighted by Crippen LogP contribution is -2.28. The highest BCUT2D eigenvalue weighted by Crippen LogP contribution is 2.25. The number of nitrogens with two attached hydrogens (primary N) is 1. The molecule has 0 aliphatic rings. The van der Waals surface area contributed by atoms with Gasteiger partial charge in [0.2, 0.25) is 0 Å². The van der Waals surface area contributed by atoms with E-state index in [9.17, 15) is 0 Å². The van der Waals surface area contributed by atoms with Crippen molar-refractivity contribution in [1.82, 2.24) is 0 Å². The second-order valence-electron chi connectivity index (χ2n) is 3.73. The molecular formula is C11H15BrN2S. The number of hydrogen-bond acceptors (Lipinski definition) is 2. The minimum absolute atomic E-state index is 0.416. The number of hydrogen-bond donors (Lipinski definition) is 1. The molecule has 0 unspecified atom stereocenters. The molecule has 0 spiro atoms. The van der Waals surface area contributed by atoms with Gasteiger partial charge in [-0.05, 0) is 32.0 Å². The van der Waals surface area contributed by atoms with Crippen LogP contribution in [0, 0.1) is 0 Å². The zero-order chi connectivity index (χ0) is 11.6. The van der Waals surface area contributed by atoms with Crippen LogP contribution in [0.25, 0.3) is 0 Å². The van der Waals surface area contributed by atoms with Crippen molar-refractivity contribution in [2.45, 2.75) is 19.9 Å². The van der Waals surface area contributed by atoms with Crippen LogP contribution in [0.2, 0.25) is 0 Å². The van der Waals surface area contributed by atoms with Crippen molar-refractivity contribution in [3.8, 4) is 0 Å². The molecule has 0 amide bonds. The highest BCUT2D eigenvalue weighted by molar-refractivity contribution is 9.10. The molecule has 0 radical (unpaired) electrons. The van der Waals surface area contributed by atoms with Crippen LogP contribution in [0.4, 0.5) is 5.69 Å². The van der Waals surface area contributed by atoms with Crippen LogP contribution in [0.15, 0.2) is 22.7 Å². The Morgan fingerprint density at radius 1 is 1.47 bits per heavy atom. The quantitative estimate of drug-likeness (QED) is 0.867. The van der Waals surface area contributed by atoms with E-state index in [2.05, 4.69) is 34.7 Å². The third-order valence-corrected chi connectivity index (χ3v) is 3.09. The zero-order valence-corrected chi connectivity index (χ0v) is 11.5. The molecule has 4 heteroatoms. The molecule has 1 aromatic rings. The second kappa shape index (κ2) is 4.94. The Morgan fingerprint density at radius 2 is 2.07 bits per heavy atom. The molecule has 0 aliphatic carbocycles. The summed E-state index contributed by atoms with van der Waals surface area (Å²) in [5, 5.41) is 0. The monoisotopic (exact) mass is 286 g/mol. The van der Waals surface area contributed by atoms with E-state index in [0.717, 1.165) is 15.7 Å². The van der Waals surface area contributed by atoms with Gasteiger partial charge in [0.15, 0.2) is 0 Å². The first-order valence-corrected chi connectivity index (χ1v) is 5.95. The largest absolute Gasteiger partial charge is 0.389 e. The maximum atomic E-state index is 5.71. The van der Waals surface area contributed by atoms with Gasteiger partial charge in [-0.2, -0.15) is 0 Å². The fraction of sp³-hybridized carbons (Fsp3) is 0.364. The van der Waals surface area contributed by atoms with Crippen LogP contribution in [0.5, 0.6) is 0 Å². The Hall–Kier alpha value is -0.610. The lowest BCUT2D eigenvalue weighted by atomic mass is 10.1. The number of benzene rings is 1. The van der Waals surface area contributed by atoms with E-state index in [1.54, 1.807) is 0 Å². The molecule has 0 heterocycles. The average molecular weight is 287 g/mol. The Balaban J connectivity index is 3.22. The molecule has 1 rings (SSSR count). The molecular weight excluding hydrogens is 272 g/mol. The maximum Gasteiger partial charge on any atom is 0.106 e. The van der Waals surface area contributed by atoms with E-state index in [-0.39, 0.29) is 0 Å². The summed E-state index contributed by atoms with van der Waals surface area (Å²) in [6, 6.07) is 6.39. The molecule has 15 heavy (non-hydrogen) atoms. The van der Waals surface area contributed by atoms with Crippen LogP contribution in [0.3, 0.4) is 0 Å². The van der Waals surface area contributed by atoms with E-state index in [1.807, 2.05) is 25.2 Å². The predicted molar refractivity (Wildman–Crippen MR) is 73.6 cm³/mol. The maximum absolute atomic E-state index is 5.71. The molecule has 0 aromatic heterocycles. The topological polar surface area (TPSA) is 29.3 Å². The van der Waals surface area contributed by atoms with Crippen LogP contribution in [-0.2, 0) is 0 Å². The smallest absolute Gasteiger partial charge is 0.106 e. The molecule has 0 bridgehead atoms. The molecule has 82 valence electrons. The average Bonchev–Trinajstić information content (AvgIpc) is 2.16. The Labute approximate surface area is 105 Å². The van der Waals surface area contributed by atoms with Crippen LogP contribution in [0.1, 0.15) is 19.4 Å². The fourth-order valence-electron chi connectivity index (χ4n) is 1.29. The third kappa shape index (κ3) is 2.92. The number of halogens is 1. The van der Waals surface area contributed by atoms with Gasteiger partial charge in [0, 0.05) is 28.8 Å². The van der Waals surface area contributed by atoms with E-state index < -0.39 is 0 Å². The highest BCUT2D eigenvalue weighted by Gasteiger charge is 2.12. The molecule has 1 aromatic carbocycles. The first-order chi connectivity index (χ1) is 6.93. The van der Waals surface area contributed by atoms with Crippen molar-refractivity contribution in [3.63, 3.8) is 0 Å². The Morgan fingerprint density at radius 3 is 2.53 bits per heavy atom. The molecule has 0 fully saturated rings. The van der Waals surface area contributed by atoms with Gasteiger partial charge in [-0.15, -0.1) is 0 Å². The van der Waals surface area contributed by atoms with E-state index in [0.29, 0.717) is 11.0 Å². The van der Waals surface area contributed by atoms with Crippen molar-refractivity contribution in [3.05, 3.63) is 28.2 Å². The lowest BCUT2D eigenvalue weighted by Gasteiger charge is -2.26. The number of nitrogens with zero attached hydrogens (tertiary/aromatic N) is 1. The van der Waals surface area contributed by atoms with Crippen molar-refractivity contribution in [1.29, 1.82) is 0 Å². The molecule has 0 atom stereocenters. The summed E-state index contributed by atoms with van der Waals surface area (Å²) in [6.45, 7) is 4.26. The summed E-state index contributed by atoms with van der Waals surface area (Å²) in [5.74, 6) is 0. The van der Waals surface area contributed by atoms with Gasteiger partial charge >= 0.3 is 0 Å². The summed E-state index contributed by atoms with van der Waals surface area (Å²) >= 11 is 8.46. The first-order valence-electron chi connectivity index (χ1n) is 4.75. The van der Waals surface area contributed by atoms with Gasteiger partial charge in [0.05, 0.1) is 0 Å². The lowest BCUT2D eigenvalue weighted by molar-refractivity contribution is 0.754. The van der Waals surface area contributed by atoms with Crippen molar-refractivity contribution in [2.75, 3.05) is 11.9 Å². The van der Waals surface area contributed by atoms with Crippen LogP contribution < -0.4 is 10.6 Å². The van der Waals surface area contributed by atoms with Crippen LogP contribution >= 0.6 is 28.1 Å². The minimum Gasteiger partial charge on any atom is -0.389 e. The summed E-state index contributed by atoms with van der Waals surface area (Å²) in [7, 11) is 2.04. The van der Waals surface area contributed by atoms with Gasteiger partial charge in [-0.1, -0.05) is 28.1 Å². The minimum atomic E-state index is 0.416. The number of rotatable bonds is 3. The Kier molecular flexibility index (Phi) is 4.11. The van der Waals surface area contributed by atoms with Crippen molar-refractivity contribution < 1.29 is 0 Å². The molecule has 0 saturated heterocycles. The summed E-state index contributed by atoms with van der Waals surface area (Å²) in [4.78, 5) is 2.58. The van der Waals surface area contributed by atoms with Gasteiger partial charge in [0.1, 0.15) is 4.99 Å². The first kappa shape index (κ1) is 12.5. The fourth-order valence-corrected chi connectivity index (χ4v) is 1.82. The molecule has 0 saturated carbocycles. The second-order valence-corrected chi connectivity index (χ2v) is 5.09. The molecule has 2 N–H and O–H groups in total. The SMILES string of the molecule is CC(C)N(C)c1ccc(Br)cc1C(N)=S. The standard InChI is InChI=1S/C11H15BrN2S/c1-7(2)14(3)10-5-4-8(12)6-9(10)11(13)15/h4-7H,1-3H3,(H2,13,15). The van der Waals surface area contributed by atoms with Gasteiger partial charge in [0.25, 0.3) is 0 Å². The Bertz CT molecular complexity index is 377. The third-order valence-electron chi connectivity index (χ3n) is 2.38. The highest BCUT2D eigenvalue weighted by atomic mass is 79.9. The molecule has 2 nitrogen and oxygen atoms in total. The number of thiocarbonyl (C=S) groups is 1. The summed E-state index contributed by atoms with van der Waals surface area (Å²) in [6.07, 6.45) is 0. The van der Waals surface area contributed by atoms with Gasteiger partial charge in [-0.3, -0.25) is 0 Å². The number of anilines is 1.